The predicted octanol–water partition coefficient (Wildman–Crippen LogP) is 21.4. The minimum atomic E-state index is -5.17. The molecule has 0 saturated carbocycles. The Morgan fingerprint density at radius 3 is 0.919 bits per heavy atom. The van der Waals surface area contributed by atoms with Gasteiger partial charge in [-0.2, -0.15) is 57.9 Å². The number of fused-ring (bicyclic) bond motifs is 6. The Kier molecular flexibility index (Phi) is 13.4. The van der Waals surface area contributed by atoms with E-state index in [9.17, 15) is 57.9 Å². The van der Waals surface area contributed by atoms with Crippen LogP contribution < -0.4 is 0 Å². The fourth-order valence-corrected chi connectivity index (χ4v) is 12.1. The Hall–Kier alpha value is -9.62. The molecule has 4 nitrogen and oxygen atoms in total. The van der Waals surface area contributed by atoms with Crippen molar-refractivity contribution >= 4 is 43.6 Å². The van der Waals surface area contributed by atoms with Crippen LogP contribution in [-0.4, -0.2) is 14.1 Å². The van der Waals surface area contributed by atoms with Crippen LogP contribution in [0.15, 0.2) is 170 Å². The molecule has 3 aromatic heterocycles. The molecule has 0 aliphatic rings. The maximum absolute atomic E-state index is 14.4. The molecular formula is C70H46F12N4. The zero-order chi connectivity index (χ0) is 61.3. The highest BCUT2D eigenvalue weighted by atomic mass is 19.4. The van der Waals surface area contributed by atoms with E-state index < -0.39 is 52.5 Å². The lowest BCUT2D eigenvalue weighted by Crippen LogP contribution is -2.11. The van der Waals surface area contributed by atoms with Gasteiger partial charge in [0.1, 0.15) is 0 Å². The van der Waals surface area contributed by atoms with Crippen molar-refractivity contribution < 1.29 is 52.7 Å². The molecule has 86 heavy (non-hydrogen) atoms. The van der Waals surface area contributed by atoms with E-state index in [0.717, 1.165) is 46.5 Å². The second kappa shape index (κ2) is 20.3. The maximum atomic E-state index is 14.4. The van der Waals surface area contributed by atoms with E-state index in [1.165, 1.54) is 19.1 Å². The molecule has 0 radical (unpaired) electrons. The van der Waals surface area contributed by atoms with Crippen LogP contribution in [0.5, 0.6) is 0 Å². The lowest BCUT2D eigenvalue weighted by atomic mass is 9.96. The van der Waals surface area contributed by atoms with Crippen molar-refractivity contribution in [1.82, 2.24) is 14.1 Å². The number of alkyl halides is 12. The van der Waals surface area contributed by atoms with Gasteiger partial charge in [0, 0.05) is 38.5 Å². The third-order valence-electron chi connectivity index (χ3n) is 15.6. The minimum Gasteiger partial charge on any atom is -0.308 e. The van der Waals surface area contributed by atoms with Gasteiger partial charge in [0.15, 0.2) is 0 Å². The highest BCUT2D eigenvalue weighted by Gasteiger charge is 2.38. The zero-order valence-corrected chi connectivity index (χ0v) is 46.5. The van der Waals surface area contributed by atoms with Crippen molar-refractivity contribution in [2.45, 2.75) is 66.2 Å². The summed E-state index contributed by atoms with van der Waals surface area (Å²) >= 11 is 0. The van der Waals surface area contributed by atoms with Crippen LogP contribution in [0.1, 0.15) is 61.5 Å². The summed E-state index contributed by atoms with van der Waals surface area (Å²) in [5, 5.41) is 13.1. The van der Waals surface area contributed by atoms with Gasteiger partial charge in [-0.15, -0.1) is 0 Å². The molecule has 16 heteroatoms. The standard InChI is InChI=1S/C70H46F12N4/c1-36-15-37(2)17-47(16-36)43-7-11-60-56(30-43)57-31-44(48-18-38(3)20-52(26-48)67(71,72)73)8-12-61(57)85(60)64-24-42(35-83)25-65(66(64)51-22-40(5)84-41(6)23-51)86-62-13-9-45(49-19-39(4)21-53(27-49)68(74,75)76)32-58(62)59-33-46(10-14-63(59)86)50-28-54(69(77,78)79)34-55(29-50)70(80,81)82/h7-34H,1-6H3. The van der Waals surface area contributed by atoms with Gasteiger partial charge in [-0.05, 0) is 218 Å². The van der Waals surface area contributed by atoms with E-state index >= 15 is 0 Å². The molecule has 0 aliphatic carbocycles. The number of pyridine rings is 1. The summed E-state index contributed by atoms with van der Waals surface area (Å²) in [4.78, 5) is 4.69. The smallest absolute Gasteiger partial charge is 0.308 e. The Balaban J connectivity index is 1.20. The molecular weight excluding hydrogens is 1120 g/mol. The summed E-state index contributed by atoms with van der Waals surface area (Å²) in [5.74, 6) is 0. The lowest BCUT2D eigenvalue weighted by molar-refractivity contribution is -0.143. The molecule has 0 unspecified atom stereocenters. The van der Waals surface area contributed by atoms with Gasteiger partial charge in [-0.1, -0.05) is 65.7 Å². The van der Waals surface area contributed by atoms with Crippen molar-refractivity contribution in [3.8, 4) is 73.1 Å². The van der Waals surface area contributed by atoms with Crippen molar-refractivity contribution in [2.24, 2.45) is 0 Å². The van der Waals surface area contributed by atoms with Crippen LogP contribution in [0.2, 0.25) is 0 Å². The van der Waals surface area contributed by atoms with Gasteiger partial charge in [-0.3, -0.25) is 4.98 Å². The first-order chi connectivity index (χ1) is 40.5. The van der Waals surface area contributed by atoms with Crippen LogP contribution in [0, 0.1) is 52.9 Å². The normalized spacial score (nSPS) is 12.5. The Morgan fingerprint density at radius 2 is 0.605 bits per heavy atom. The van der Waals surface area contributed by atoms with E-state index in [0.29, 0.717) is 117 Å². The van der Waals surface area contributed by atoms with E-state index in [1.54, 1.807) is 61.5 Å². The number of hydrogen-bond donors (Lipinski definition) is 0. The van der Waals surface area contributed by atoms with Crippen LogP contribution in [0.4, 0.5) is 52.7 Å². The second-order valence-corrected chi connectivity index (χ2v) is 22.1. The Bertz CT molecular complexity index is 4780. The lowest BCUT2D eigenvalue weighted by Gasteiger charge is -2.21. The Labute approximate surface area is 484 Å². The van der Waals surface area contributed by atoms with Gasteiger partial charge in [-0.25, -0.2) is 0 Å². The van der Waals surface area contributed by atoms with Gasteiger partial charge < -0.3 is 9.13 Å². The summed E-state index contributed by atoms with van der Waals surface area (Å²) in [6, 6.07) is 45.0. The van der Waals surface area contributed by atoms with Crippen LogP contribution >= 0.6 is 0 Å². The molecule has 0 amide bonds. The SMILES string of the molecule is Cc1cc(C)cc(-c2ccc3c(c2)c2cc(-c4cc(C)cc(C(F)(F)F)c4)ccc2n3-c2cc(C#N)cc(-n3c4ccc(-c5cc(C)cc(C(F)(F)F)c5)cc4c4cc(-c5cc(C(F)(F)F)cc(C(F)(F)F)c5)ccc43)c2-c2cc(C)nc(C)c2)c1. The average molecular weight is 1170 g/mol. The van der Waals surface area contributed by atoms with E-state index in [4.69, 9.17) is 4.98 Å². The molecule has 0 atom stereocenters. The number of nitriles is 1. The largest absolute Gasteiger partial charge is 0.416 e. The molecule has 0 spiro atoms. The number of halogens is 12. The summed E-state index contributed by atoms with van der Waals surface area (Å²) in [7, 11) is 0. The molecule has 430 valence electrons. The van der Waals surface area contributed by atoms with Gasteiger partial charge in [0.2, 0.25) is 0 Å². The number of hydrogen-bond acceptors (Lipinski definition) is 2. The van der Waals surface area contributed by atoms with Gasteiger partial charge >= 0.3 is 24.7 Å². The molecule has 0 N–H and O–H groups in total. The fraction of sp³-hybridized carbons (Fsp3) is 0.143. The Morgan fingerprint density at radius 1 is 0.314 bits per heavy atom. The van der Waals surface area contributed by atoms with Crippen molar-refractivity contribution in [1.29, 1.82) is 5.26 Å². The van der Waals surface area contributed by atoms with Crippen molar-refractivity contribution in [3.05, 3.63) is 231 Å². The highest BCUT2D eigenvalue weighted by Crippen LogP contribution is 2.47. The highest BCUT2D eigenvalue weighted by molar-refractivity contribution is 6.14. The topological polar surface area (TPSA) is 46.5 Å². The van der Waals surface area contributed by atoms with Crippen LogP contribution in [0.3, 0.4) is 0 Å². The quantitative estimate of drug-likeness (QED) is 0.149. The third kappa shape index (κ3) is 10.4. The number of rotatable bonds is 7. The predicted molar refractivity (Wildman–Crippen MR) is 313 cm³/mol. The van der Waals surface area contributed by atoms with Gasteiger partial charge in [0.25, 0.3) is 0 Å². The zero-order valence-electron chi connectivity index (χ0n) is 46.5. The second-order valence-electron chi connectivity index (χ2n) is 22.1. The molecule has 3 heterocycles. The van der Waals surface area contributed by atoms with E-state index in [-0.39, 0.29) is 22.8 Å². The van der Waals surface area contributed by atoms with E-state index in [2.05, 4.69) is 24.3 Å². The monoisotopic (exact) mass is 1170 g/mol. The summed E-state index contributed by atoms with van der Waals surface area (Å²) in [6.45, 7) is 10.7. The van der Waals surface area contributed by atoms with Crippen LogP contribution in [0.25, 0.3) is 111 Å². The first-order valence-electron chi connectivity index (χ1n) is 27.0. The molecule has 12 rings (SSSR count). The third-order valence-corrected chi connectivity index (χ3v) is 15.6. The molecule has 9 aromatic carbocycles. The summed E-state index contributed by atoms with van der Waals surface area (Å²) in [6.07, 6.45) is -19.7. The molecule has 0 fully saturated rings. The number of benzene rings is 9. The number of nitrogens with zero attached hydrogens (tertiary/aromatic N) is 4. The first-order valence-corrected chi connectivity index (χ1v) is 27.0. The fourth-order valence-electron chi connectivity index (χ4n) is 12.1. The minimum absolute atomic E-state index is 0.0364. The van der Waals surface area contributed by atoms with Crippen LogP contribution in [-0.2, 0) is 24.7 Å². The maximum Gasteiger partial charge on any atom is 0.416 e. The average Bonchev–Trinajstić information content (AvgIpc) is 1.55. The van der Waals surface area contributed by atoms with Crippen molar-refractivity contribution in [2.75, 3.05) is 0 Å². The van der Waals surface area contributed by atoms with Gasteiger partial charge in [0.05, 0.1) is 67.3 Å². The number of aryl methyl sites for hydroxylation is 6. The first kappa shape index (κ1) is 56.8. The van der Waals surface area contributed by atoms with Crippen molar-refractivity contribution in [3.63, 3.8) is 0 Å². The molecule has 0 aliphatic heterocycles. The molecule has 0 bridgehead atoms. The van der Waals surface area contributed by atoms with E-state index in [1.807, 2.05) is 79.3 Å². The molecule has 0 saturated heterocycles. The summed E-state index contributed by atoms with van der Waals surface area (Å²) < 4.78 is 176. The number of aromatic nitrogens is 3. The molecule has 12 aromatic rings. The summed E-state index contributed by atoms with van der Waals surface area (Å²) in [5.41, 5.74) is 5.89.